The molecular formula is C15H19NO3S2. The molecule has 0 radical (unpaired) electrons. The maximum Gasteiger partial charge on any atom is 0.218 e. The zero-order valence-corrected chi connectivity index (χ0v) is 13.5. The van der Waals surface area contributed by atoms with Crippen LogP contribution in [0.5, 0.6) is 0 Å². The number of hydrogen-bond acceptors (Lipinski definition) is 4. The van der Waals surface area contributed by atoms with Gasteiger partial charge in [0.2, 0.25) is 10.0 Å². The zero-order valence-electron chi connectivity index (χ0n) is 11.9. The van der Waals surface area contributed by atoms with Crippen LogP contribution in [0.3, 0.4) is 0 Å². The van der Waals surface area contributed by atoms with E-state index < -0.39 is 10.0 Å². The summed E-state index contributed by atoms with van der Waals surface area (Å²) in [6, 6.07) is 10.9. The molecular weight excluding hydrogens is 306 g/mol. The molecule has 21 heavy (non-hydrogen) atoms. The number of sulfonamides is 1. The van der Waals surface area contributed by atoms with Gasteiger partial charge in [-0.25, -0.2) is 8.42 Å². The number of thiophene rings is 1. The first kappa shape index (κ1) is 16.2. The predicted molar refractivity (Wildman–Crippen MR) is 85.4 cm³/mol. The van der Waals surface area contributed by atoms with Crippen molar-refractivity contribution in [1.29, 1.82) is 0 Å². The monoisotopic (exact) mass is 325 g/mol. The Morgan fingerprint density at radius 3 is 2.33 bits per heavy atom. The lowest BCUT2D eigenvalue weighted by molar-refractivity contribution is 0.282. The van der Waals surface area contributed by atoms with E-state index in [0.717, 1.165) is 16.0 Å². The molecule has 0 saturated carbocycles. The van der Waals surface area contributed by atoms with Crippen molar-refractivity contribution in [2.24, 2.45) is 0 Å². The third-order valence-corrected chi connectivity index (χ3v) is 5.95. The van der Waals surface area contributed by atoms with E-state index in [4.69, 9.17) is 5.11 Å². The SMILES string of the molecule is CCN(Cc1cccs1)S(=O)(=O)Cc1ccc(CO)cc1. The van der Waals surface area contributed by atoms with Crippen LogP contribution in [0, 0.1) is 0 Å². The number of aliphatic hydroxyl groups is 1. The summed E-state index contributed by atoms with van der Waals surface area (Å²) in [6.45, 7) is 2.69. The highest BCUT2D eigenvalue weighted by Gasteiger charge is 2.21. The quantitative estimate of drug-likeness (QED) is 0.851. The van der Waals surface area contributed by atoms with Gasteiger partial charge in [-0.1, -0.05) is 37.3 Å². The second-order valence-electron chi connectivity index (χ2n) is 4.74. The maximum atomic E-state index is 12.5. The fraction of sp³-hybridized carbons (Fsp3) is 0.333. The minimum Gasteiger partial charge on any atom is -0.392 e. The third kappa shape index (κ3) is 4.38. The fourth-order valence-corrected chi connectivity index (χ4v) is 4.35. The molecule has 0 amide bonds. The Balaban J connectivity index is 2.11. The topological polar surface area (TPSA) is 57.6 Å². The summed E-state index contributed by atoms with van der Waals surface area (Å²) in [5.74, 6) is -0.0159. The average Bonchev–Trinajstić information content (AvgIpc) is 2.98. The molecule has 114 valence electrons. The first-order chi connectivity index (χ1) is 10.0. The molecule has 2 rings (SSSR count). The van der Waals surface area contributed by atoms with Crippen molar-refractivity contribution < 1.29 is 13.5 Å². The highest BCUT2D eigenvalue weighted by atomic mass is 32.2. The summed E-state index contributed by atoms with van der Waals surface area (Å²) in [4.78, 5) is 1.04. The molecule has 0 aliphatic rings. The Morgan fingerprint density at radius 1 is 1.14 bits per heavy atom. The number of benzene rings is 1. The van der Waals surface area contributed by atoms with Crippen LogP contribution < -0.4 is 0 Å². The lowest BCUT2D eigenvalue weighted by Gasteiger charge is -2.20. The number of hydrogen-bond donors (Lipinski definition) is 1. The molecule has 0 saturated heterocycles. The summed E-state index contributed by atoms with van der Waals surface area (Å²) in [5, 5.41) is 11.0. The van der Waals surface area contributed by atoms with Gasteiger partial charge in [0.05, 0.1) is 12.4 Å². The molecule has 1 N–H and O–H groups in total. The van der Waals surface area contributed by atoms with Crippen molar-refractivity contribution in [3.63, 3.8) is 0 Å². The Hall–Kier alpha value is -1.21. The van der Waals surface area contributed by atoms with Gasteiger partial charge in [-0.15, -0.1) is 11.3 Å². The second kappa shape index (κ2) is 7.17. The van der Waals surface area contributed by atoms with Crippen LogP contribution in [0.4, 0.5) is 0 Å². The van der Waals surface area contributed by atoms with Gasteiger partial charge >= 0.3 is 0 Å². The molecule has 0 atom stereocenters. The summed E-state index contributed by atoms with van der Waals surface area (Å²) in [6.07, 6.45) is 0. The minimum atomic E-state index is -3.34. The standard InChI is InChI=1S/C15H19NO3S2/c1-2-16(10-15-4-3-9-20-15)21(18,19)12-14-7-5-13(11-17)6-8-14/h3-9,17H,2,10-12H2,1H3. The van der Waals surface area contributed by atoms with Crippen molar-refractivity contribution >= 4 is 21.4 Å². The third-order valence-electron chi connectivity index (χ3n) is 3.21. The average molecular weight is 325 g/mol. The van der Waals surface area contributed by atoms with Crippen molar-refractivity contribution in [3.8, 4) is 0 Å². The van der Waals surface area contributed by atoms with Gasteiger partial charge in [0.15, 0.2) is 0 Å². The van der Waals surface area contributed by atoms with Gasteiger partial charge in [0.1, 0.15) is 0 Å². The molecule has 0 unspecified atom stereocenters. The number of nitrogens with zero attached hydrogens (tertiary/aromatic N) is 1. The molecule has 0 aliphatic heterocycles. The molecule has 2 aromatic rings. The lowest BCUT2D eigenvalue weighted by atomic mass is 10.2. The molecule has 0 fully saturated rings. The van der Waals surface area contributed by atoms with E-state index in [1.807, 2.05) is 24.4 Å². The largest absolute Gasteiger partial charge is 0.392 e. The lowest BCUT2D eigenvalue weighted by Crippen LogP contribution is -2.31. The van der Waals surface area contributed by atoms with E-state index in [1.165, 1.54) is 4.31 Å². The van der Waals surface area contributed by atoms with Gasteiger partial charge in [0, 0.05) is 18.0 Å². The molecule has 0 bridgehead atoms. The van der Waals surface area contributed by atoms with E-state index >= 15 is 0 Å². The summed E-state index contributed by atoms with van der Waals surface area (Å²) >= 11 is 1.56. The van der Waals surface area contributed by atoms with Gasteiger partial charge in [-0.05, 0) is 22.6 Å². The number of aliphatic hydroxyl groups excluding tert-OH is 1. The van der Waals surface area contributed by atoms with Gasteiger partial charge in [-0.2, -0.15) is 4.31 Å². The predicted octanol–water partition coefficient (Wildman–Crippen LogP) is 2.59. The molecule has 1 heterocycles. The zero-order chi connectivity index (χ0) is 15.3. The Morgan fingerprint density at radius 2 is 1.81 bits per heavy atom. The molecule has 0 aliphatic carbocycles. The van der Waals surface area contributed by atoms with Crippen LogP contribution in [0.1, 0.15) is 22.9 Å². The van der Waals surface area contributed by atoms with Gasteiger partial charge < -0.3 is 5.11 Å². The van der Waals surface area contributed by atoms with Crippen molar-refractivity contribution in [3.05, 3.63) is 57.8 Å². The van der Waals surface area contributed by atoms with E-state index in [-0.39, 0.29) is 12.4 Å². The highest BCUT2D eigenvalue weighted by molar-refractivity contribution is 7.88. The van der Waals surface area contributed by atoms with Crippen molar-refractivity contribution in [2.45, 2.75) is 25.8 Å². The van der Waals surface area contributed by atoms with E-state index in [2.05, 4.69) is 0 Å². The molecule has 1 aromatic heterocycles. The van der Waals surface area contributed by atoms with E-state index in [1.54, 1.807) is 35.6 Å². The highest BCUT2D eigenvalue weighted by Crippen LogP contribution is 2.17. The van der Waals surface area contributed by atoms with Crippen molar-refractivity contribution in [2.75, 3.05) is 6.54 Å². The minimum absolute atomic E-state index is 0.0159. The Bertz CT molecular complexity index is 649. The van der Waals surface area contributed by atoms with E-state index in [9.17, 15) is 8.42 Å². The molecule has 4 nitrogen and oxygen atoms in total. The van der Waals surface area contributed by atoms with Crippen LogP contribution in [0.15, 0.2) is 41.8 Å². The van der Waals surface area contributed by atoms with Crippen LogP contribution in [0.2, 0.25) is 0 Å². The Kier molecular flexibility index (Phi) is 5.52. The molecule has 6 heteroatoms. The second-order valence-corrected chi connectivity index (χ2v) is 7.74. The number of rotatable bonds is 7. The Labute approximate surface area is 129 Å². The maximum absolute atomic E-state index is 12.5. The summed E-state index contributed by atoms with van der Waals surface area (Å²) in [5.41, 5.74) is 1.51. The fourth-order valence-electron chi connectivity index (χ4n) is 2.03. The first-order valence-electron chi connectivity index (χ1n) is 6.74. The van der Waals surface area contributed by atoms with Gasteiger partial charge in [0.25, 0.3) is 0 Å². The first-order valence-corrected chi connectivity index (χ1v) is 9.23. The molecule has 0 spiro atoms. The van der Waals surface area contributed by atoms with Crippen LogP contribution in [0.25, 0.3) is 0 Å². The summed E-state index contributed by atoms with van der Waals surface area (Å²) < 4.78 is 26.5. The van der Waals surface area contributed by atoms with Crippen LogP contribution in [-0.2, 0) is 28.9 Å². The normalized spacial score (nSPS) is 12.0. The van der Waals surface area contributed by atoms with Crippen LogP contribution >= 0.6 is 11.3 Å². The van der Waals surface area contributed by atoms with Crippen molar-refractivity contribution in [1.82, 2.24) is 4.31 Å². The van der Waals surface area contributed by atoms with E-state index in [0.29, 0.717) is 13.1 Å². The smallest absolute Gasteiger partial charge is 0.218 e. The van der Waals surface area contributed by atoms with Gasteiger partial charge in [-0.3, -0.25) is 0 Å². The molecule has 1 aromatic carbocycles. The van der Waals surface area contributed by atoms with Crippen LogP contribution in [-0.4, -0.2) is 24.4 Å². The summed E-state index contributed by atoms with van der Waals surface area (Å²) in [7, 11) is -3.34.